The maximum absolute atomic E-state index is 11.1. The molecule has 1 aromatic rings. The van der Waals surface area contributed by atoms with E-state index >= 15 is 0 Å². The lowest BCUT2D eigenvalue weighted by Gasteiger charge is -2.03. The van der Waals surface area contributed by atoms with Gasteiger partial charge in [0.1, 0.15) is 18.9 Å². The number of carbonyl (C=O) groups is 1. The number of nitriles is 1. The predicted octanol–water partition coefficient (Wildman–Crippen LogP) is -0.132. The Morgan fingerprint density at radius 3 is 3.07 bits per heavy atom. The lowest BCUT2D eigenvalue weighted by atomic mass is 10.5. The van der Waals surface area contributed by atoms with Gasteiger partial charge in [0.15, 0.2) is 0 Å². The number of nitrogens with zero attached hydrogens (tertiary/aromatic N) is 3. The third-order valence-electron chi connectivity index (χ3n) is 1.49. The van der Waals surface area contributed by atoms with Gasteiger partial charge in [-0.2, -0.15) is 10.4 Å². The zero-order valence-electron chi connectivity index (χ0n) is 7.20. The highest BCUT2D eigenvalue weighted by Gasteiger charge is 2.08. The van der Waals surface area contributed by atoms with Crippen molar-refractivity contribution in [2.24, 2.45) is 0 Å². The monoisotopic (exact) mass is 257 g/mol. The molecule has 0 aliphatic heterocycles. The summed E-state index contributed by atoms with van der Waals surface area (Å²) in [6.07, 6.45) is 1.51. The molecule has 3 N–H and O–H groups in total. The lowest BCUT2D eigenvalue weighted by Crippen LogP contribution is -2.28. The molecule has 0 radical (unpaired) electrons. The number of hydrogen-bond acceptors (Lipinski definition) is 4. The molecule has 0 aromatic carbocycles. The number of hydrogen-bond donors (Lipinski definition) is 2. The highest BCUT2D eigenvalue weighted by molar-refractivity contribution is 9.10. The van der Waals surface area contributed by atoms with Gasteiger partial charge >= 0.3 is 0 Å². The lowest BCUT2D eigenvalue weighted by molar-refractivity contribution is -0.121. The molecule has 0 fully saturated rings. The van der Waals surface area contributed by atoms with Gasteiger partial charge in [0.25, 0.3) is 0 Å². The van der Waals surface area contributed by atoms with Crippen molar-refractivity contribution in [3.05, 3.63) is 10.7 Å². The molecule has 14 heavy (non-hydrogen) atoms. The molecule has 0 unspecified atom stereocenters. The molecule has 0 saturated carbocycles. The van der Waals surface area contributed by atoms with Crippen LogP contribution in [0.3, 0.4) is 0 Å². The highest BCUT2D eigenvalue weighted by atomic mass is 79.9. The minimum atomic E-state index is -0.297. The van der Waals surface area contributed by atoms with Crippen molar-refractivity contribution >= 4 is 27.7 Å². The molecule has 1 amide bonds. The number of halogens is 1. The first-order valence-corrected chi connectivity index (χ1v) is 4.55. The van der Waals surface area contributed by atoms with Crippen molar-refractivity contribution in [3.63, 3.8) is 0 Å². The molecule has 7 heteroatoms. The van der Waals surface area contributed by atoms with E-state index in [0.717, 1.165) is 0 Å². The van der Waals surface area contributed by atoms with Crippen molar-refractivity contribution in [1.82, 2.24) is 15.1 Å². The zero-order valence-corrected chi connectivity index (χ0v) is 8.78. The Bertz CT molecular complexity index is 380. The van der Waals surface area contributed by atoms with Gasteiger partial charge in [0.05, 0.1) is 16.7 Å². The number of nitrogens with two attached hydrogens (primary N) is 1. The number of carbonyl (C=O) groups excluding carboxylic acids is 1. The van der Waals surface area contributed by atoms with E-state index in [9.17, 15) is 4.79 Å². The molecule has 0 saturated heterocycles. The van der Waals surface area contributed by atoms with Gasteiger partial charge in [-0.15, -0.1) is 0 Å². The Hall–Kier alpha value is -1.55. The summed E-state index contributed by atoms with van der Waals surface area (Å²) in [6.45, 7) is 0.000287. The normalized spacial score (nSPS) is 9.43. The maximum atomic E-state index is 11.1. The van der Waals surface area contributed by atoms with E-state index in [1.54, 1.807) is 6.07 Å². The van der Waals surface area contributed by atoms with Crippen LogP contribution in [0, 0.1) is 11.3 Å². The van der Waals surface area contributed by atoms with E-state index in [2.05, 4.69) is 26.3 Å². The van der Waals surface area contributed by atoms with Crippen molar-refractivity contribution in [2.75, 3.05) is 12.3 Å². The summed E-state index contributed by atoms with van der Waals surface area (Å²) in [5, 5.41) is 14.5. The first kappa shape index (κ1) is 10.5. The van der Waals surface area contributed by atoms with Crippen LogP contribution in [0.15, 0.2) is 10.7 Å². The Morgan fingerprint density at radius 2 is 2.57 bits per heavy atom. The fourth-order valence-electron chi connectivity index (χ4n) is 0.828. The summed E-state index contributed by atoms with van der Waals surface area (Å²) in [5.41, 5.74) is 5.59. The van der Waals surface area contributed by atoms with E-state index in [0.29, 0.717) is 10.3 Å². The van der Waals surface area contributed by atoms with Gasteiger partial charge in [0.2, 0.25) is 5.91 Å². The average Bonchev–Trinajstić information content (AvgIpc) is 2.46. The SMILES string of the molecule is N#CCNC(=O)Cn1ncc(Br)c1N. The fraction of sp³-hybridized carbons (Fsp3) is 0.286. The molecule has 1 aromatic heterocycles. The second kappa shape index (κ2) is 4.62. The maximum Gasteiger partial charge on any atom is 0.242 e. The molecule has 6 nitrogen and oxygen atoms in total. The largest absolute Gasteiger partial charge is 0.383 e. The molecule has 1 rings (SSSR count). The van der Waals surface area contributed by atoms with E-state index < -0.39 is 0 Å². The molecule has 0 bridgehead atoms. The van der Waals surface area contributed by atoms with Crippen LogP contribution in [0.1, 0.15) is 0 Å². The van der Waals surface area contributed by atoms with E-state index in [1.807, 2.05) is 0 Å². The van der Waals surface area contributed by atoms with Crippen LogP contribution < -0.4 is 11.1 Å². The number of rotatable bonds is 3. The second-order valence-electron chi connectivity index (χ2n) is 2.47. The quantitative estimate of drug-likeness (QED) is 0.738. The van der Waals surface area contributed by atoms with E-state index in [1.165, 1.54) is 10.9 Å². The second-order valence-corrected chi connectivity index (χ2v) is 3.32. The Morgan fingerprint density at radius 1 is 1.86 bits per heavy atom. The molecule has 0 spiro atoms. The van der Waals surface area contributed by atoms with Crippen LogP contribution in [0.4, 0.5) is 5.82 Å². The van der Waals surface area contributed by atoms with Crippen LogP contribution >= 0.6 is 15.9 Å². The number of amides is 1. The average molecular weight is 258 g/mol. The van der Waals surface area contributed by atoms with Crippen molar-refractivity contribution in [1.29, 1.82) is 5.26 Å². The smallest absolute Gasteiger partial charge is 0.242 e. The minimum absolute atomic E-state index is 0.0127. The minimum Gasteiger partial charge on any atom is -0.383 e. The van der Waals surface area contributed by atoms with Gasteiger partial charge in [-0.05, 0) is 15.9 Å². The zero-order chi connectivity index (χ0) is 10.6. The van der Waals surface area contributed by atoms with Crippen LogP contribution in [-0.2, 0) is 11.3 Å². The Balaban J connectivity index is 2.57. The van der Waals surface area contributed by atoms with Gasteiger partial charge in [-0.25, -0.2) is 4.68 Å². The molecule has 74 valence electrons. The molecular formula is C7H8BrN5O. The van der Waals surface area contributed by atoms with Crippen molar-refractivity contribution in [3.8, 4) is 6.07 Å². The van der Waals surface area contributed by atoms with Crippen LogP contribution in [-0.4, -0.2) is 22.2 Å². The third-order valence-corrected chi connectivity index (χ3v) is 2.10. The molecular weight excluding hydrogens is 250 g/mol. The summed E-state index contributed by atoms with van der Waals surface area (Å²) in [7, 11) is 0. The van der Waals surface area contributed by atoms with Gasteiger partial charge in [-0.3, -0.25) is 4.79 Å². The molecule has 0 aliphatic rings. The van der Waals surface area contributed by atoms with E-state index in [-0.39, 0.29) is 19.0 Å². The van der Waals surface area contributed by atoms with Crippen LogP contribution in [0.2, 0.25) is 0 Å². The number of anilines is 1. The summed E-state index contributed by atoms with van der Waals surface area (Å²) in [5.74, 6) is 0.0888. The summed E-state index contributed by atoms with van der Waals surface area (Å²) in [4.78, 5) is 11.1. The third kappa shape index (κ3) is 2.47. The summed E-state index contributed by atoms with van der Waals surface area (Å²) in [6, 6.07) is 1.80. The number of nitrogens with one attached hydrogen (secondary N) is 1. The number of aromatic nitrogens is 2. The molecule has 0 atom stereocenters. The standard InChI is InChI=1S/C7H8BrN5O/c8-5-3-12-13(7(5)10)4-6(14)11-2-1-9/h3H,2,4,10H2,(H,11,14). The van der Waals surface area contributed by atoms with Gasteiger partial charge < -0.3 is 11.1 Å². The molecule has 1 heterocycles. The predicted molar refractivity (Wildman–Crippen MR) is 53.0 cm³/mol. The van der Waals surface area contributed by atoms with Crippen molar-refractivity contribution in [2.45, 2.75) is 6.54 Å². The topological polar surface area (TPSA) is 96.7 Å². The van der Waals surface area contributed by atoms with Gasteiger partial charge in [-0.1, -0.05) is 0 Å². The summed E-state index contributed by atoms with van der Waals surface area (Å²) >= 11 is 3.17. The Labute approximate surface area is 88.8 Å². The first-order chi connectivity index (χ1) is 6.65. The van der Waals surface area contributed by atoms with Gasteiger partial charge in [0, 0.05) is 0 Å². The van der Waals surface area contributed by atoms with E-state index in [4.69, 9.17) is 11.0 Å². The number of nitrogen functional groups attached to an aromatic ring is 1. The highest BCUT2D eigenvalue weighted by Crippen LogP contribution is 2.17. The first-order valence-electron chi connectivity index (χ1n) is 3.75. The molecule has 0 aliphatic carbocycles. The summed E-state index contributed by atoms with van der Waals surface area (Å²) < 4.78 is 1.99. The van der Waals surface area contributed by atoms with Crippen LogP contribution in [0.25, 0.3) is 0 Å². The van der Waals surface area contributed by atoms with Crippen LogP contribution in [0.5, 0.6) is 0 Å². The fourth-order valence-corrected chi connectivity index (χ4v) is 1.12. The van der Waals surface area contributed by atoms with Crippen molar-refractivity contribution < 1.29 is 4.79 Å². The Kier molecular flexibility index (Phi) is 3.48.